The smallest absolute Gasteiger partial charge is 0.280 e. The second kappa shape index (κ2) is 6.70. The third kappa shape index (κ3) is 3.01. The van der Waals surface area contributed by atoms with E-state index in [2.05, 4.69) is 21.9 Å². The van der Waals surface area contributed by atoms with Crippen LogP contribution in [0.3, 0.4) is 0 Å². The molecule has 1 amide bonds. The first kappa shape index (κ1) is 14.7. The Kier molecular flexibility index (Phi) is 4.48. The Labute approximate surface area is 133 Å². The Balaban J connectivity index is 1.93. The first-order valence-electron chi connectivity index (χ1n) is 7.15. The standard InChI is InChI=1S/C16H16N4OS/c1-2-13-11-22-16(19-12-6-4-3-5-7-12)20(13)15(21)14-10-17-8-9-18-14/h3-10,13H,2,11H2,1H3. The lowest BCUT2D eigenvalue weighted by molar-refractivity contribution is 0.0813. The molecule has 0 N–H and O–H groups in total. The molecule has 112 valence electrons. The normalized spacial score (nSPS) is 19.6. The van der Waals surface area contributed by atoms with E-state index in [0.717, 1.165) is 23.0 Å². The van der Waals surface area contributed by atoms with Crippen LogP contribution < -0.4 is 0 Å². The number of carbonyl (C=O) groups is 1. The van der Waals surface area contributed by atoms with Crippen LogP contribution in [0.1, 0.15) is 23.8 Å². The van der Waals surface area contributed by atoms with Gasteiger partial charge in [0.15, 0.2) is 5.17 Å². The minimum Gasteiger partial charge on any atom is -0.282 e. The third-order valence-corrected chi connectivity index (χ3v) is 4.53. The molecule has 1 aliphatic heterocycles. The van der Waals surface area contributed by atoms with Crippen LogP contribution in [0.2, 0.25) is 0 Å². The van der Waals surface area contributed by atoms with Gasteiger partial charge in [0.2, 0.25) is 0 Å². The van der Waals surface area contributed by atoms with Crippen LogP contribution in [0, 0.1) is 0 Å². The van der Waals surface area contributed by atoms with Gasteiger partial charge in [-0.1, -0.05) is 36.9 Å². The molecule has 2 heterocycles. The molecule has 1 saturated heterocycles. The van der Waals surface area contributed by atoms with Crippen molar-refractivity contribution in [3.63, 3.8) is 0 Å². The second-order valence-corrected chi connectivity index (χ2v) is 5.86. The number of aromatic nitrogens is 2. The van der Waals surface area contributed by atoms with Crippen molar-refractivity contribution in [3.05, 3.63) is 54.6 Å². The van der Waals surface area contributed by atoms with Gasteiger partial charge in [0.1, 0.15) is 5.69 Å². The van der Waals surface area contributed by atoms with Crippen LogP contribution in [-0.4, -0.2) is 37.7 Å². The summed E-state index contributed by atoms with van der Waals surface area (Å²) in [6.07, 6.45) is 5.47. The van der Waals surface area contributed by atoms with Crippen LogP contribution in [0.25, 0.3) is 0 Å². The summed E-state index contributed by atoms with van der Waals surface area (Å²) >= 11 is 1.61. The number of amidine groups is 1. The zero-order chi connectivity index (χ0) is 15.4. The molecule has 1 atom stereocenters. The van der Waals surface area contributed by atoms with E-state index in [1.165, 1.54) is 12.4 Å². The average Bonchev–Trinajstić information content (AvgIpc) is 2.98. The predicted octanol–water partition coefficient (Wildman–Crippen LogP) is 3.13. The lowest BCUT2D eigenvalue weighted by Gasteiger charge is -2.22. The van der Waals surface area contributed by atoms with Crippen LogP contribution >= 0.6 is 11.8 Å². The molecular formula is C16H16N4OS. The molecule has 0 bridgehead atoms. The Hall–Kier alpha value is -2.21. The van der Waals surface area contributed by atoms with Gasteiger partial charge >= 0.3 is 0 Å². The number of para-hydroxylation sites is 1. The summed E-state index contributed by atoms with van der Waals surface area (Å²) in [4.78, 5) is 27.2. The lowest BCUT2D eigenvalue weighted by atomic mass is 10.2. The van der Waals surface area contributed by atoms with E-state index in [1.807, 2.05) is 30.3 Å². The molecule has 0 radical (unpaired) electrons. The highest BCUT2D eigenvalue weighted by molar-refractivity contribution is 8.14. The van der Waals surface area contributed by atoms with E-state index in [1.54, 1.807) is 22.9 Å². The van der Waals surface area contributed by atoms with E-state index in [-0.39, 0.29) is 11.9 Å². The zero-order valence-electron chi connectivity index (χ0n) is 12.2. The fourth-order valence-corrected chi connectivity index (χ4v) is 3.52. The van der Waals surface area contributed by atoms with Crippen molar-refractivity contribution in [3.8, 4) is 0 Å². The number of benzene rings is 1. The van der Waals surface area contributed by atoms with Gasteiger partial charge in [-0.2, -0.15) is 0 Å². The lowest BCUT2D eigenvalue weighted by Crippen LogP contribution is -2.39. The molecule has 6 heteroatoms. The summed E-state index contributed by atoms with van der Waals surface area (Å²) in [6, 6.07) is 9.82. The van der Waals surface area contributed by atoms with Crippen LogP contribution in [-0.2, 0) is 0 Å². The number of carbonyl (C=O) groups excluding carboxylic acids is 1. The van der Waals surface area contributed by atoms with Gasteiger partial charge in [-0.25, -0.2) is 9.98 Å². The van der Waals surface area contributed by atoms with Gasteiger partial charge in [-0.15, -0.1) is 0 Å². The van der Waals surface area contributed by atoms with Crippen LogP contribution in [0.4, 0.5) is 5.69 Å². The largest absolute Gasteiger partial charge is 0.282 e. The number of hydrogen-bond acceptors (Lipinski definition) is 5. The Morgan fingerprint density at radius 1 is 1.36 bits per heavy atom. The number of aliphatic imine (C=N–C) groups is 1. The molecule has 0 spiro atoms. The van der Waals surface area contributed by atoms with Crippen LogP contribution in [0.5, 0.6) is 0 Å². The first-order valence-corrected chi connectivity index (χ1v) is 8.14. The Morgan fingerprint density at radius 2 is 2.18 bits per heavy atom. The van der Waals surface area contributed by atoms with Crippen LogP contribution in [0.15, 0.2) is 53.9 Å². The zero-order valence-corrected chi connectivity index (χ0v) is 13.0. The van der Waals surface area contributed by atoms with E-state index in [9.17, 15) is 4.79 Å². The van der Waals surface area contributed by atoms with Crippen molar-refractivity contribution in [1.29, 1.82) is 0 Å². The Morgan fingerprint density at radius 3 is 2.86 bits per heavy atom. The summed E-state index contributed by atoms with van der Waals surface area (Å²) in [5.41, 5.74) is 1.20. The summed E-state index contributed by atoms with van der Waals surface area (Å²) in [5, 5.41) is 0.730. The molecule has 1 aromatic carbocycles. The van der Waals surface area contributed by atoms with Gasteiger partial charge in [0, 0.05) is 24.2 Å². The molecule has 1 unspecified atom stereocenters. The maximum Gasteiger partial charge on any atom is 0.280 e. The SMILES string of the molecule is CCC1CSC(=Nc2ccccc2)N1C(=O)c1cnccn1. The number of thioether (sulfide) groups is 1. The maximum atomic E-state index is 12.7. The van der Waals surface area contributed by atoms with Gasteiger partial charge in [0.05, 0.1) is 11.9 Å². The minimum atomic E-state index is -0.139. The molecule has 2 aromatic rings. The molecule has 22 heavy (non-hydrogen) atoms. The molecule has 0 saturated carbocycles. The van der Waals surface area contributed by atoms with Crippen molar-refractivity contribution >= 4 is 28.5 Å². The Bertz CT molecular complexity index is 675. The third-order valence-electron chi connectivity index (χ3n) is 3.43. The highest BCUT2D eigenvalue weighted by Gasteiger charge is 2.35. The van der Waals surface area contributed by atoms with Gasteiger partial charge < -0.3 is 0 Å². The fourth-order valence-electron chi connectivity index (χ4n) is 2.26. The van der Waals surface area contributed by atoms with Crippen molar-refractivity contribution in [1.82, 2.24) is 14.9 Å². The topological polar surface area (TPSA) is 58.5 Å². The molecule has 0 aliphatic carbocycles. The fraction of sp³-hybridized carbons (Fsp3) is 0.250. The number of rotatable bonds is 3. The summed E-state index contributed by atoms with van der Waals surface area (Å²) in [5.74, 6) is 0.716. The van der Waals surface area contributed by atoms with Crippen molar-refractivity contribution < 1.29 is 4.79 Å². The minimum absolute atomic E-state index is 0.139. The highest BCUT2D eigenvalue weighted by atomic mass is 32.2. The predicted molar refractivity (Wildman–Crippen MR) is 88.3 cm³/mol. The van der Waals surface area contributed by atoms with Crippen molar-refractivity contribution in [2.24, 2.45) is 4.99 Å². The molecule has 5 nitrogen and oxygen atoms in total. The molecule has 1 aliphatic rings. The second-order valence-electron chi connectivity index (χ2n) is 4.87. The average molecular weight is 312 g/mol. The number of hydrogen-bond donors (Lipinski definition) is 0. The van der Waals surface area contributed by atoms with E-state index in [4.69, 9.17) is 0 Å². The molecule has 1 fully saturated rings. The van der Waals surface area contributed by atoms with Gasteiger partial charge in [-0.3, -0.25) is 14.7 Å². The van der Waals surface area contributed by atoms with E-state index < -0.39 is 0 Å². The van der Waals surface area contributed by atoms with Gasteiger partial charge in [0.25, 0.3) is 5.91 Å². The molecular weight excluding hydrogens is 296 g/mol. The van der Waals surface area contributed by atoms with Crippen molar-refractivity contribution in [2.75, 3.05) is 5.75 Å². The summed E-state index contributed by atoms with van der Waals surface area (Å²) in [6.45, 7) is 2.08. The van der Waals surface area contributed by atoms with E-state index in [0.29, 0.717) is 5.69 Å². The monoisotopic (exact) mass is 312 g/mol. The van der Waals surface area contributed by atoms with E-state index >= 15 is 0 Å². The van der Waals surface area contributed by atoms with Gasteiger partial charge in [-0.05, 0) is 18.6 Å². The summed E-state index contributed by atoms with van der Waals surface area (Å²) < 4.78 is 0. The molecule has 3 rings (SSSR count). The number of nitrogens with zero attached hydrogens (tertiary/aromatic N) is 4. The number of amides is 1. The maximum absolute atomic E-state index is 12.7. The quantitative estimate of drug-likeness (QED) is 0.873. The molecule has 1 aromatic heterocycles. The first-order chi connectivity index (χ1) is 10.8. The highest BCUT2D eigenvalue weighted by Crippen LogP contribution is 2.29. The summed E-state index contributed by atoms with van der Waals surface area (Å²) in [7, 11) is 0. The van der Waals surface area contributed by atoms with Crippen molar-refractivity contribution in [2.45, 2.75) is 19.4 Å².